The molecule has 1 N–H and O–H groups in total. The molecule has 1 fully saturated rings. The second-order valence-electron chi connectivity index (χ2n) is 2.95. The Morgan fingerprint density at radius 3 is 2.91 bits per heavy atom. The summed E-state index contributed by atoms with van der Waals surface area (Å²) in [7, 11) is 1.71. The first kappa shape index (κ1) is 8.53. The van der Waals surface area contributed by atoms with E-state index in [1.807, 2.05) is 0 Å². The Kier molecular flexibility index (Phi) is 2.88. The number of hydrogen-bond donors (Lipinski definition) is 1. The second-order valence-corrected chi connectivity index (χ2v) is 2.95. The first-order valence-electron chi connectivity index (χ1n) is 4.07. The molecular weight excluding hydrogens is 142 g/mol. The predicted molar refractivity (Wildman–Crippen MR) is 42.2 cm³/mol. The summed E-state index contributed by atoms with van der Waals surface area (Å²) in [6.45, 7) is 2.86. The zero-order valence-corrected chi connectivity index (χ0v) is 7.09. The van der Waals surface area contributed by atoms with Crippen molar-refractivity contribution in [1.82, 2.24) is 5.32 Å². The van der Waals surface area contributed by atoms with Gasteiger partial charge in [-0.1, -0.05) is 6.92 Å². The van der Waals surface area contributed by atoms with Gasteiger partial charge in [0.1, 0.15) is 0 Å². The molecule has 0 bridgehead atoms. The van der Waals surface area contributed by atoms with E-state index in [1.165, 1.54) is 0 Å². The molecule has 3 heteroatoms. The average Bonchev–Trinajstić information content (AvgIpc) is 2.39. The molecule has 0 aromatic rings. The number of hydrogen-bond acceptors (Lipinski definition) is 2. The summed E-state index contributed by atoms with van der Waals surface area (Å²) in [5, 5.41) is 2.80. The largest absolute Gasteiger partial charge is 0.381 e. The summed E-state index contributed by atoms with van der Waals surface area (Å²) in [4.78, 5) is 10.8. The molecule has 0 aromatic carbocycles. The Balaban J connectivity index is 2.40. The number of carbonyl (C=O) groups excluding carboxylic acids is 1. The van der Waals surface area contributed by atoms with Crippen molar-refractivity contribution in [3.8, 4) is 0 Å². The van der Waals surface area contributed by atoms with Crippen LogP contribution in [0, 0.1) is 5.92 Å². The van der Waals surface area contributed by atoms with Crippen molar-refractivity contribution in [3.05, 3.63) is 0 Å². The highest BCUT2D eigenvalue weighted by molar-refractivity contribution is 5.78. The lowest BCUT2D eigenvalue weighted by atomic mass is 9.99. The van der Waals surface area contributed by atoms with Gasteiger partial charge in [0.25, 0.3) is 0 Å². The van der Waals surface area contributed by atoms with Crippen molar-refractivity contribution in [2.45, 2.75) is 25.9 Å². The highest BCUT2D eigenvalue weighted by Crippen LogP contribution is 2.18. The van der Waals surface area contributed by atoms with Crippen LogP contribution in [0.3, 0.4) is 0 Å². The maximum Gasteiger partial charge on any atom is 0.220 e. The molecule has 1 saturated heterocycles. The lowest BCUT2D eigenvalue weighted by Crippen LogP contribution is -2.24. The topological polar surface area (TPSA) is 38.3 Å². The van der Waals surface area contributed by atoms with Gasteiger partial charge in [-0.2, -0.15) is 0 Å². The van der Waals surface area contributed by atoms with E-state index in [2.05, 4.69) is 12.2 Å². The molecule has 1 unspecified atom stereocenters. The number of ether oxygens (including phenoxy) is 1. The summed E-state index contributed by atoms with van der Waals surface area (Å²) in [6.07, 6.45) is 1.86. The summed E-state index contributed by atoms with van der Waals surface area (Å²) in [5.74, 6) is 0.544. The first-order chi connectivity index (χ1) is 5.27. The Bertz CT molecular complexity index is 143. The summed E-state index contributed by atoms with van der Waals surface area (Å²) >= 11 is 0. The predicted octanol–water partition coefficient (Wildman–Crippen LogP) is 0.547. The SMILES string of the molecule is CCC(OC)[C@H]1CNC(=O)C1. The van der Waals surface area contributed by atoms with Gasteiger partial charge >= 0.3 is 0 Å². The normalized spacial score (nSPS) is 26.7. The third-order valence-electron chi connectivity index (χ3n) is 2.24. The monoisotopic (exact) mass is 157 g/mol. The van der Waals surface area contributed by atoms with Gasteiger partial charge in [0.2, 0.25) is 5.91 Å². The van der Waals surface area contributed by atoms with E-state index < -0.39 is 0 Å². The lowest BCUT2D eigenvalue weighted by molar-refractivity contribution is -0.119. The minimum absolute atomic E-state index is 0.158. The maximum absolute atomic E-state index is 10.8. The van der Waals surface area contributed by atoms with E-state index in [1.54, 1.807) is 7.11 Å². The van der Waals surface area contributed by atoms with Gasteiger partial charge < -0.3 is 10.1 Å². The molecule has 0 saturated carbocycles. The molecule has 0 spiro atoms. The van der Waals surface area contributed by atoms with E-state index in [9.17, 15) is 4.79 Å². The molecule has 0 aliphatic carbocycles. The number of carbonyl (C=O) groups is 1. The van der Waals surface area contributed by atoms with Crippen molar-refractivity contribution in [3.63, 3.8) is 0 Å². The number of methoxy groups -OCH3 is 1. The van der Waals surface area contributed by atoms with Crippen molar-refractivity contribution in [1.29, 1.82) is 0 Å². The average molecular weight is 157 g/mol. The molecule has 3 nitrogen and oxygen atoms in total. The lowest BCUT2D eigenvalue weighted by Gasteiger charge is -2.18. The zero-order chi connectivity index (χ0) is 8.27. The number of rotatable bonds is 3. The van der Waals surface area contributed by atoms with Gasteiger partial charge in [-0.25, -0.2) is 0 Å². The third kappa shape index (κ3) is 1.93. The van der Waals surface area contributed by atoms with Gasteiger partial charge in [-0.3, -0.25) is 4.79 Å². The molecule has 0 radical (unpaired) electrons. The Labute approximate surface area is 67.1 Å². The van der Waals surface area contributed by atoms with Gasteiger partial charge in [-0.05, 0) is 6.42 Å². The fourth-order valence-electron chi connectivity index (χ4n) is 1.58. The molecule has 2 atom stereocenters. The van der Waals surface area contributed by atoms with E-state index >= 15 is 0 Å². The van der Waals surface area contributed by atoms with Crippen LogP contribution in [0.25, 0.3) is 0 Å². The summed E-state index contributed by atoms with van der Waals surface area (Å²) in [5.41, 5.74) is 0. The quantitative estimate of drug-likeness (QED) is 0.649. The first-order valence-corrected chi connectivity index (χ1v) is 4.07. The second kappa shape index (κ2) is 3.72. The summed E-state index contributed by atoms with van der Waals surface area (Å²) in [6, 6.07) is 0. The van der Waals surface area contributed by atoms with Crippen molar-refractivity contribution in [2.24, 2.45) is 5.92 Å². The van der Waals surface area contributed by atoms with Gasteiger partial charge in [0, 0.05) is 26.0 Å². The van der Waals surface area contributed by atoms with Crippen LogP contribution in [-0.2, 0) is 9.53 Å². The number of nitrogens with one attached hydrogen (secondary N) is 1. The molecule has 64 valence electrons. The fourth-order valence-corrected chi connectivity index (χ4v) is 1.58. The molecule has 11 heavy (non-hydrogen) atoms. The Morgan fingerprint density at radius 2 is 2.55 bits per heavy atom. The summed E-state index contributed by atoms with van der Waals surface area (Å²) < 4.78 is 5.24. The minimum atomic E-state index is 0.158. The highest BCUT2D eigenvalue weighted by Gasteiger charge is 2.27. The smallest absolute Gasteiger partial charge is 0.220 e. The standard InChI is InChI=1S/C8H15NO2/c1-3-7(11-2)6-4-8(10)9-5-6/h6-7H,3-5H2,1-2H3,(H,9,10)/t6-,7?/m1/s1. The van der Waals surface area contributed by atoms with Crippen LogP contribution in [-0.4, -0.2) is 25.7 Å². The third-order valence-corrected chi connectivity index (χ3v) is 2.24. The van der Waals surface area contributed by atoms with Crippen LogP contribution in [0.15, 0.2) is 0 Å². The van der Waals surface area contributed by atoms with Crippen LogP contribution in [0.2, 0.25) is 0 Å². The van der Waals surface area contributed by atoms with Crippen molar-refractivity contribution >= 4 is 5.91 Å². The van der Waals surface area contributed by atoms with Gasteiger partial charge in [0.15, 0.2) is 0 Å². The van der Waals surface area contributed by atoms with E-state index in [4.69, 9.17) is 4.74 Å². The van der Waals surface area contributed by atoms with Gasteiger partial charge in [0.05, 0.1) is 6.10 Å². The van der Waals surface area contributed by atoms with Crippen LogP contribution in [0.1, 0.15) is 19.8 Å². The van der Waals surface area contributed by atoms with Gasteiger partial charge in [-0.15, -0.1) is 0 Å². The van der Waals surface area contributed by atoms with Crippen LogP contribution < -0.4 is 5.32 Å². The fraction of sp³-hybridized carbons (Fsp3) is 0.875. The Hall–Kier alpha value is -0.570. The molecular formula is C8H15NO2. The van der Waals surface area contributed by atoms with Crippen molar-refractivity contribution in [2.75, 3.05) is 13.7 Å². The minimum Gasteiger partial charge on any atom is -0.381 e. The molecule has 1 heterocycles. The van der Waals surface area contributed by atoms with E-state index in [-0.39, 0.29) is 12.0 Å². The van der Waals surface area contributed by atoms with E-state index in [0.717, 1.165) is 13.0 Å². The van der Waals surface area contributed by atoms with Crippen LogP contribution in [0.5, 0.6) is 0 Å². The van der Waals surface area contributed by atoms with Crippen molar-refractivity contribution < 1.29 is 9.53 Å². The number of amides is 1. The molecule has 1 aliphatic heterocycles. The molecule has 1 rings (SSSR count). The molecule has 0 aromatic heterocycles. The maximum atomic E-state index is 10.8. The molecule has 1 amide bonds. The van der Waals surface area contributed by atoms with E-state index in [0.29, 0.717) is 12.3 Å². The highest BCUT2D eigenvalue weighted by atomic mass is 16.5. The zero-order valence-electron chi connectivity index (χ0n) is 7.09. The Morgan fingerprint density at radius 1 is 1.82 bits per heavy atom. The molecule has 1 aliphatic rings. The van der Waals surface area contributed by atoms with Crippen LogP contribution in [0.4, 0.5) is 0 Å². The van der Waals surface area contributed by atoms with Crippen LogP contribution >= 0.6 is 0 Å².